The van der Waals surface area contributed by atoms with Crippen LogP contribution in [0.4, 0.5) is 0 Å². The van der Waals surface area contributed by atoms with Crippen molar-refractivity contribution in [3.8, 4) is 5.75 Å². The molecule has 1 N–H and O–H groups in total. The Labute approximate surface area is 102 Å². The van der Waals surface area contributed by atoms with Crippen LogP contribution in [0.1, 0.15) is 12.5 Å². The molecule has 0 amide bonds. The number of nitrogens with one attached hydrogen (secondary N) is 1. The molecule has 1 aromatic carbocycles. The van der Waals surface area contributed by atoms with Crippen LogP contribution < -0.4 is 10.2 Å². The van der Waals surface area contributed by atoms with E-state index in [0.29, 0.717) is 6.04 Å². The summed E-state index contributed by atoms with van der Waals surface area (Å²) in [6.07, 6.45) is 5.00. The molecular weight excluding hydrogens is 212 g/mol. The van der Waals surface area contributed by atoms with E-state index in [0.717, 1.165) is 12.2 Å². The molecule has 3 nitrogen and oxygen atoms in total. The van der Waals surface area contributed by atoms with Crippen molar-refractivity contribution in [3.63, 3.8) is 0 Å². The van der Waals surface area contributed by atoms with Gasteiger partial charge in [0.1, 0.15) is 5.75 Å². The Hall–Kier alpha value is -1.90. The second-order valence-corrected chi connectivity index (χ2v) is 4.17. The molecule has 0 saturated heterocycles. The van der Waals surface area contributed by atoms with Crippen molar-refractivity contribution >= 4 is 0 Å². The van der Waals surface area contributed by atoms with Gasteiger partial charge in [-0.05, 0) is 43.2 Å². The van der Waals surface area contributed by atoms with E-state index >= 15 is 0 Å². The molecule has 0 aliphatic carbocycles. The summed E-state index contributed by atoms with van der Waals surface area (Å²) in [6.45, 7) is 2.17. The molecule has 2 aromatic rings. The minimum atomic E-state index is 0.385. The summed E-state index contributed by atoms with van der Waals surface area (Å²) in [6, 6.07) is 12.6. The van der Waals surface area contributed by atoms with Crippen molar-refractivity contribution in [2.45, 2.75) is 19.4 Å². The van der Waals surface area contributed by atoms with Gasteiger partial charge in [-0.1, -0.05) is 12.1 Å². The van der Waals surface area contributed by atoms with Gasteiger partial charge in [-0.15, -0.1) is 0 Å². The number of rotatable bonds is 5. The van der Waals surface area contributed by atoms with E-state index < -0.39 is 0 Å². The lowest BCUT2D eigenvalue weighted by Crippen LogP contribution is -2.25. The third kappa shape index (κ3) is 3.28. The minimum absolute atomic E-state index is 0.385. The Morgan fingerprint density at radius 3 is 2.41 bits per heavy atom. The molecule has 1 aromatic heterocycles. The Kier molecular flexibility index (Phi) is 3.70. The minimum Gasteiger partial charge on any atom is -0.497 e. The van der Waals surface area contributed by atoms with E-state index in [1.54, 1.807) is 7.11 Å². The first-order chi connectivity index (χ1) is 8.28. The smallest absolute Gasteiger partial charge is 0.118 e. The predicted octanol–water partition coefficient (Wildman–Crippen LogP) is 2.67. The zero-order valence-corrected chi connectivity index (χ0v) is 10.3. The summed E-state index contributed by atoms with van der Waals surface area (Å²) in [7, 11) is 1.69. The summed E-state index contributed by atoms with van der Waals surface area (Å²) >= 11 is 0. The number of benzene rings is 1. The van der Waals surface area contributed by atoms with Crippen LogP contribution >= 0.6 is 0 Å². The molecule has 1 heterocycles. The molecule has 0 saturated carbocycles. The highest BCUT2D eigenvalue weighted by atomic mass is 16.5. The fourth-order valence-corrected chi connectivity index (χ4v) is 1.84. The first kappa shape index (κ1) is 11.6. The fraction of sp³-hybridized carbons (Fsp3) is 0.286. The number of hydrogen-bond acceptors (Lipinski definition) is 2. The lowest BCUT2D eigenvalue weighted by molar-refractivity contribution is 0.414. The van der Waals surface area contributed by atoms with E-state index in [4.69, 9.17) is 4.74 Å². The lowest BCUT2D eigenvalue weighted by atomic mass is 10.1. The number of aromatic nitrogens is 1. The van der Waals surface area contributed by atoms with Gasteiger partial charge in [0, 0.05) is 18.4 Å². The molecule has 0 aliphatic heterocycles. The molecule has 0 spiro atoms. The van der Waals surface area contributed by atoms with Gasteiger partial charge in [0.2, 0.25) is 0 Å². The normalized spacial score (nSPS) is 12.1. The Balaban J connectivity index is 1.91. The highest BCUT2D eigenvalue weighted by Gasteiger charge is 2.03. The van der Waals surface area contributed by atoms with Crippen molar-refractivity contribution < 1.29 is 4.74 Å². The van der Waals surface area contributed by atoms with Crippen LogP contribution in [0, 0.1) is 0 Å². The van der Waals surface area contributed by atoms with Gasteiger partial charge < -0.3 is 10.2 Å². The van der Waals surface area contributed by atoms with Crippen LogP contribution in [0.3, 0.4) is 0 Å². The highest BCUT2D eigenvalue weighted by molar-refractivity contribution is 5.27. The third-order valence-corrected chi connectivity index (χ3v) is 2.67. The SMILES string of the molecule is COc1ccc(CC(C)Nn2cccc2)cc1. The van der Waals surface area contributed by atoms with Crippen molar-refractivity contribution in [2.75, 3.05) is 12.5 Å². The molecule has 0 fully saturated rings. The molecule has 0 bridgehead atoms. The zero-order valence-electron chi connectivity index (χ0n) is 10.3. The van der Waals surface area contributed by atoms with E-state index in [1.165, 1.54) is 5.56 Å². The molecule has 0 aliphatic rings. The van der Waals surface area contributed by atoms with Gasteiger partial charge in [-0.25, -0.2) is 0 Å². The van der Waals surface area contributed by atoms with Crippen molar-refractivity contribution in [3.05, 3.63) is 54.4 Å². The molecule has 17 heavy (non-hydrogen) atoms. The van der Waals surface area contributed by atoms with Gasteiger partial charge >= 0.3 is 0 Å². The van der Waals surface area contributed by atoms with Gasteiger partial charge in [-0.2, -0.15) is 0 Å². The third-order valence-electron chi connectivity index (χ3n) is 2.67. The van der Waals surface area contributed by atoms with Crippen molar-refractivity contribution in [1.29, 1.82) is 0 Å². The maximum atomic E-state index is 5.14. The van der Waals surface area contributed by atoms with Gasteiger partial charge in [0.15, 0.2) is 0 Å². The fourth-order valence-electron chi connectivity index (χ4n) is 1.84. The second kappa shape index (κ2) is 5.43. The molecular formula is C14H18N2O. The number of nitrogens with zero attached hydrogens (tertiary/aromatic N) is 1. The Morgan fingerprint density at radius 2 is 1.82 bits per heavy atom. The standard InChI is InChI=1S/C14H18N2O/c1-12(15-16-9-3-4-10-16)11-13-5-7-14(17-2)8-6-13/h3-10,12,15H,11H2,1-2H3. The van der Waals surface area contributed by atoms with Gasteiger partial charge in [-0.3, -0.25) is 4.68 Å². The Bertz CT molecular complexity index is 434. The van der Waals surface area contributed by atoms with Crippen LogP contribution in [0.15, 0.2) is 48.8 Å². The summed E-state index contributed by atoms with van der Waals surface area (Å²) < 4.78 is 7.12. The molecule has 1 unspecified atom stereocenters. The maximum absolute atomic E-state index is 5.14. The van der Waals surface area contributed by atoms with E-state index in [9.17, 15) is 0 Å². The zero-order chi connectivity index (χ0) is 12.1. The average Bonchev–Trinajstić information content (AvgIpc) is 2.82. The Morgan fingerprint density at radius 1 is 1.18 bits per heavy atom. The molecule has 0 radical (unpaired) electrons. The van der Waals surface area contributed by atoms with Crippen LogP contribution in [0.5, 0.6) is 5.75 Å². The van der Waals surface area contributed by atoms with Gasteiger partial charge in [0.25, 0.3) is 0 Å². The molecule has 1 atom stereocenters. The first-order valence-corrected chi connectivity index (χ1v) is 5.80. The van der Waals surface area contributed by atoms with Crippen molar-refractivity contribution in [2.24, 2.45) is 0 Å². The lowest BCUT2D eigenvalue weighted by Gasteiger charge is -2.16. The second-order valence-electron chi connectivity index (χ2n) is 4.17. The predicted molar refractivity (Wildman–Crippen MR) is 70.0 cm³/mol. The molecule has 2 rings (SSSR count). The van der Waals surface area contributed by atoms with Crippen LogP contribution in [0.2, 0.25) is 0 Å². The number of methoxy groups -OCH3 is 1. The van der Waals surface area contributed by atoms with Crippen molar-refractivity contribution in [1.82, 2.24) is 4.68 Å². The number of ether oxygens (including phenoxy) is 1. The largest absolute Gasteiger partial charge is 0.497 e. The quantitative estimate of drug-likeness (QED) is 0.854. The van der Waals surface area contributed by atoms with Crippen LogP contribution in [-0.2, 0) is 6.42 Å². The maximum Gasteiger partial charge on any atom is 0.118 e. The van der Waals surface area contributed by atoms with E-state index in [1.807, 2.05) is 41.3 Å². The van der Waals surface area contributed by atoms with E-state index in [2.05, 4.69) is 24.5 Å². The summed E-state index contributed by atoms with van der Waals surface area (Å²) in [5, 5.41) is 0. The van der Waals surface area contributed by atoms with Crippen LogP contribution in [-0.4, -0.2) is 17.8 Å². The molecule has 3 heteroatoms. The summed E-state index contributed by atoms with van der Waals surface area (Å²) in [5.74, 6) is 0.903. The highest BCUT2D eigenvalue weighted by Crippen LogP contribution is 2.12. The molecule has 90 valence electrons. The monoisotopic (exact) mass is 230 g/mol. The topological polar surface area (TPSA) is 26.2 Å². The number of hydrogen-bond donors (Lipinski definition) is 1. The average molecular weight is 230 g/mol. The van der Waals surface area contributed by atoms with Gasteiger partial charge in [0.05, 0.1) is 7.11 Å². The summed E-state index contributed by atoms with van der Waals surface area (Å²) in [5.41, 5.74) is 4.69. The van der Waals surface area contributed by atoms with E-state index in [-0.39, 0.29) is 0 Å². The first-order valence-electron chi connectivity index (χ1n) is 5.80. The van der Waals surface area contributed by atoms with Crippen LogP contribution in [0.25, 0.3) is 0 Å². The summed E-state index contributed by atoms with van der Waals surface area (Å²) in [4.78, 5) is 0.